The Kier molecular flexibility index (Phi) is 4.41. The maximum Gasteiger partial charge on any atom is 0.225 e. The van der Waals surface area contributed by atoms with Crippen LogP contribution in [0.15, 0.2) is 18.3 Å². The van der Waals surface area contributed by atoms with Gasteiger partial charge in [-0.2, -0.15) is 0 Å². The molecule has 118 valence electrons. The fourth-order valence-electron chi connectivity index (χ4n) is 3.00. The van der Waals surface area contributed by atoms with Crippen molar-refractivity contribution in [2.75, 3.05) is 13.1 Å². The second-order valence-corrected chi connectivity index (χ2v) is 6.40. The fraction of sp³-hybridized carbons (Fsp3) is 0.588. The summed E-state index contributed by atoms with van der Waals surface area (Å²) in [7, 11) is 0. The summed E-state index contributed by atoms with van der Waals surface area (Å²) in [6, 6.07) is 3.90. The van der Waals surface area contributed by atoms with E-state index in [-0.39, 0.29) is 17.7 Å². The van der Waals surface area contributed by atoms with Crippen LogP contribution < -0.4 is 5.32 Å². The Labute approximate surface area is 131 Å². The van der Waals surface area contributed by atoms with Crippen molar-refractivity contribution in [1.82, 2.24) is 15.2 Å². The van der Waals surface area contributed by atoms with Gasteiger partial charge in [0.05, 0.1) is 0 Å². The Morgan fingerprint density at radius 1 is 1.23 bits per heavy atom. The molecule has 1 N–H and O–H groups in total. The standard InChI is InChI=1S/C17H23N3O2/c1-12-10-13(4-7-18-12)11-19-16(21)14-5-8-20(9-6-14)17(22)15-2-3-15/h4,7,10,14-15H,2-3,5-6,8-9,11H2,1H3,(H,19,21). The number of nitrogens with one attached hydrogen (secondary N) is 1. The van der Waals surface area contributed by atoms with Gasteiger partial charge in [-0.3, -0.25) is 14.6 Å². The average Bonchev–Trinajstić information content (AvgIpc) is 3.37. The lowest BCUT2D eigenvalue weighted by atomic mass is 9.95. The van der Waals surface area contributed by atoms with Crippen LogP contribution in [-0.2, 0) is 16.1 Å². The third kappa shape index (κ3) is 3.64. The molecule has 0 radical (unpaired) electrons. The molecular formula is C17H23N3O2. The number of pyridine rings is 1. The minimum absolute atomic E-state index is 0.0335. The predicted molar refractivity (Wildman–Crippen MR) is 82.8 cm³/mol. The summed E-state index contributed by atoms with van der Waals surface area (Å²) in [5.41, 5.74) is 2.03. The number of aryl methyl sites for hydroxylation is 1. The molecule has 5 heteroatoms. The van der Waals surface area contributed by atoms with E-state index in [1.54, 1.807) is 6.20 Å². The first kappa shape index (κ1) is 15.0. The summed E-state index contributed by atoms with van der Waals surface area (Å²) < 4.78 is 0. The Hall–Kier alpha value is -1.91. The minimum Gasteiger partial charge on any atom is -0.352 e. The second kappa shape index (κ2) is 6.46. The highest BCUT2D eigenvalue weighted by atomic mass is 16.2. The monoisotopic (exact) mass is 301 g/mol. The molecule has 2 aliphatic rings. The molecule has 1 saturated heterocycles. The first-order valence-electron chi connectivity index (χ1n) is 8.11. The maximum absolute atomic E-state index is 12.2. The van der Waals surface area contributed by atoms with E-state index in [1.807, 2.05) is 24.0 Å². The SMILES string of the molecule is Cc1cc(CNC(=O)C2CCN(C(=O)C3CC3)CC2)ccn1. The van der Waals surface area contributed by atoms with Crippen LogP contribution in [0.1, 0.15) is 36.9 Å². The molecule has 1 saturated carbocycles. The van der Waals surface area contributed by atoms with Gasteiger partial charge in [0.15, 0.2) is 0 Å². The lowest BCUT2D eigenvalue weighted by Crippen LogP contribution is -2.43. The van der Waals surface area contributed by atoms with Crippen LogP contribution in [0.5, 0.6) is 0 Å². The smallest absolute Gasteiger partial charge is 0.225 e. The summed E-state index contributed by atoms with van der Waals surface area (Å²) in [4.78, 5) is 30.3. The van der Waals surface area contributed by atoms with Gasteiger partial charge in [0.2, 0.25) is 11.8 Å². The normalized spacial score (nSPS) is 19.0. The number of hydrogen-bond acceptors (Lipinski definition) is 3. The van der Waals surface area contributed by atoms with Gasteiger partial charge >= 0.3 is 0 Å². The van der Waals surface area contributed by atoms with Crippen LogP contribution in [0.2, 0.25) is 0 Å². The molecule has 0 aromatic carbocycles. The first-order valence-corrected chi connectivity index (χ1v) is 8.11. The fourth-order valence-corrected chi connectivity index (χ4v) is 3.00. The van der Waals surface area contributed by atoms with Crippen LogP contribution in [0.3, 0.4) is 0 Å². The number of carbonyl (C=O) groups is 2. The van der Waals surface area contributed by atoms with Crippen LogP contribution in [0, 0.1) is 18.8 Å². The van der Waals surface area contributed by atoms with Crippen LogP contribution in [-0.4, -0.2) is 34.8 Å². The highest BCUT2D eigenvalue weighted by molar-refractivity contribution is 5.82. The van der Waals surface area contributed by atoms with E-state index in [4.69, 9.17) is 0 Å². The molecule has 2 fully saturated rings. The van der Waals surface area contributed by atoms with E-state index >= 15 is 0 Å². The van der Waals surface area contributed by atoms with E-state index in [9.17, 15) is 9.59 Å². The summed E-state index contributed by atoms with van der Waals surface area (Å²) in [5, 5.41) is 3.00. The Morgan fingerprint density at radius 2 is 1.95 bits per heavy atom. The third-order valence-corrected chi connectivity index (χ3v) is 4.53. The molecule has 1 aromatic rings. The topological polar surface area (TPSA) is 62.3 Å². The van der Waals surface area contributed by atoms with E-state index in [2.05, 4.69) is 10.3 Å². The molecule has 3 rings (SSSR count). The quantitative estimate of drug-likeness (QED) is 0.920. The van der Waals surface area contributed by atoms with Gasteiger partial charge in [0, 0.05) is 43.4 Å². The van der Waals surface area contributed by atoms with Crippen molar-refractivity contribution in [1.29, 1.82) is 0 Å². The van der Waals surface area contributed by atoms with E-state index in [0.717, 1.165) is 50.0 Å². The summed E-state index contributed by atoms with van der Waals surface area (Å²) in [6.45, 7) is 3.94. The molecule has 1 aliphatic carbocycles. The van der Waals surface area contributed by atoms with Gasteiger partial charge in [-0.1, -0.05) is 0 Å². The van der Waals surface area contributed by atoms with Crippen molar-refractivity contribution in [2.24, 2.45) is 11.8 Å². The van der Waals surface area contributed by atoms with Crippen molar-refractivity contribution in [3.05, 3.63) is 29.6 Å². The molecule has 2 heterocycles. The molecule has 1 aliphatic heterocycles. The number of rotatable bonds is 4. The number of likely N-dealkylation sites (tertiary alicyclic amines) is 1. The molecule has 5 nitrogen and oxygen atoms in total. The zero-order chi connectivity index (χ0) is 15.5. The van der Waals surface area contributed by atoms with E-state index in [1.165, 1.54) is 0 Å². The van der Waals surface area contributed by atoms with Gasteiger partial charge < -0.3 is 10.2 Å². The number of amides is 2. The minimum atomic E-state index is 0.0335. The van der Waals surface area contributed by atoms with Gasteiger partial charge in [0.25, 0.3) is 0 Å². The molecule has 22 heavy (non-hydrogen) atoms. The van der Waals surface area contributed by atoms with Crippen LogP contribution in [0.25, 0.3) is 0 Å². The molecule has 0 unspecified atom stereocenters. The van der Waals surface area contributed by atoms with Crippen molar-refractivity contribution in [3.8, 4) is 0 Å². The van der Waals surface area contributed by atoms with Crippen molar-refractivity contribution < 1.29 is 9.59 Å². The molecule has 0 atom stereocenters. The first-order chi connectivity index (χ1) is 10.6. The predicted octanol–water partition coefficient (Wildman–Crippen LogP) is 1.65. The molecular weight excluding hydrogens is 278 g/mol. The maximum atomic E-state index is 12.2. The molecule has 1 aromatic heterocycles. The number of nitrogens with zero attached hydrogens (tertiary/aromatic N) is 2. The van der Waals surface area contributed by atoms with Crippen LogP contribution >= 0.6 is 0 Å². The molecule has 2 amide bonds. The number of aromatic nitrogens is 1. The van der Waals surface area contributed by atoms with Crippen molar-refractivity contribution in [2.45, 2.75) is 39.2 Å². The Balaban J connectivity index is 1.44. The zero-order valence-corrected chi connectivity index (χ0v) is 13.0. The molecule has 0 spiro atoms. The van der Waals surface area contributed by atoms with E-state index < -0.39 is 0 Å². The largest absolute Gasteiger partial charge is 0.352 e. The molecule has 0 bridgehead atoms. The van der Waals surface area contributed by atoms with Crippen molar-refractivity contribution >= 4 is 11.8 Å². The van der Waals surface area contributed by atoms with Crippen molar-refractivity contribution in [3.63, 3.8) is 0 Å². The Bertz CT molecular complexity index is 561. The van der Waals surface area contributed by atoms with Gasteiger partial charge in [0.1, 0.15) is 0 Å². The van der Waals surface area contributed by atoms with Gasteiger partial charge in [-0.25, -0.2) is 0 Å². The zero-order valence-electron chi connectivity index (χ0n) is 13.0. The summed E-state index contributed by atoms with van der Waals surface area (Å²) in [5.74, 6) is 0.714. The van der Waals surface area contributed by atoms with E-state index in [0.29, 0.717) is 12.5 Å². The summed E-state index contributed by atoms with van der Waals surface area (Å²) >= 11 is 0. The van der Waals surface area contributed by atoms with Gasteiger partial charge in [-0.05, 0) is 50.3 Å². The number of carbonyl (C=O) groups excluding carboxylic acids is 2. The average molecular weight is 301 g/mol. The second-order valence-electron chi connectivity index (χ2n) is 6.40. The third-order valence-electron chi connectivity index (χ3n) is 4.53. The lowest BCUT2D eigenvalue weighted by Gasteiger charge is -2.31. The Morgan fingerprint density at radius 3 is 2.59 bits per heavy atom. The lowest BCUT2D eigenvalue weighted by molar-refractivity contribution is -0.136. The highest BCUT2D eigenvalue weighted by Crippen LogP contribution is 2.32. The van der Waals surface area contributed by atoms with Gasteiger partial charge in [-0.15, -0.1) is 0 Å². The number of hydrogen-bond donors (Lipinski definition) is 1. The number of piperidine rings is 1. The summed E-state index contributed by atoms with van der Waals surface area (Å²) in [6.07, 6.45) is 5.41. The van der Waals surface area contributed by atoms with Crippen LogP contribution in [0.4, 0.5) is 0 Å². The highest BCUT2D eigenvalue weighted by Gasteiger charge is 2.35.